The number of rotatable bonds is 6. The molecular formula is C16H20N2O2. The van der Waals surface area contributed by atoms with Gasteiger partial charge < -0.3 is 15.2 Å². The molecule has 4 heteroatoms. The molecule has 0 aliphatic carbocycles. The average Bonchev–Trinajstić information content (AvgIpc) is 2.46. The molecule has 0 spiro atoms. The minimum Gasteiger partial charge on any atom is -0.493 e. The van der Waals surface area contributed by atoms with Gasteiger partial charge in [-0.3, -0.25) is 4.98 Å². The molecule has 1 unspecified atom stereocenters. The monoisotopic (exact) mass is 272 g/mol. The Balaban J connectivity index is 2.19. The van der Waals surface area contributed by atoms with E-state index in [0.717, 1.165) is 29.0 Å². The number of nitrogens with zero attached hydrogens (tertiary/aromatic N) is 1. The van der Waals surface area contributed by atoms with Gasteiger partial charge in [0.15, 0.2) is 11.5 Å². The molecule has 0 aliphatic rings. The van der Waals surface area contributed by atoms with Crippen LogP contribution in [0.1, 0.15) is 18.1 Å². The van der Waals surface area contributed by atoms with Gasteiger partial charge in [-0.15, -0.1) is 0 Å². The predicted octanol–water partition coefficient (Wildman–Crippen LogP) is 2.56. The van der Waals surface area contributed by atoms with E-state index < -0.39 is 0 Å². The van der Waals surface area contributed by atoms with Crippen molar-refractivity contribution in [3.8, 4) is 11.5 Å². The minimum absolute atomic E-state index is 0.0744. The second-order valence-corrected chi connectivity index (χ2v) is 4.77. The van der Waals surface area contributed by atoms with E-state index in [1.165, 1.54) is 0 Å². The van der Waals surface area contributed by atoms with Crippen LogP contribution in [0.25, 0.3) is 0 Å². The molecule has 2 aromatic rings. The first-order valence-corrected chi connectivity index (χ1v) is 6.64. The zero-order valence-corrected chi connectivity index (χ0v) is 11.9. The largest absolute Gasteiger partial charge is 0.493 e. The van der Waals surface area contributed by atoms with Gasteiger partial charge in [-0.25, -0.2) is 0 Å². The van der Waals surface area contributed by atoms with Crippen molar-refractivity contribution in [2.45, 2.75) is 26.0 Å². The quantitative estimate of drug-likeness (QED) is 0.878. The third-order valence-electron chi connectivity index (χ3n) is 2.95. The third-order valence-corrected chi connectivity index (χ3v) is 2.95. The summed E-state index contributed by atoms with van der Waals surface area (Å²) in [5.41, 5.74) is 8.02. The number of aromatic nitrogens is 1. The highest BCUT2D eigenvalue weighted by molar-refractivity contribution is 5.47. The first-order valence-electron chi connectivity index (χ1n) is 6.64. The van der Waals surface area contributed by atoms with Gasteiger partial charge in [-0.1, -0.05) is 12.1 Å². The smallest absolute Gasteiger partial charge is 0.164 e. The summed E-state index contributed by atoms with van der Waals surface area (Å²) in [6.07, 6.45) is 4.26. The molecule has 0 saturated heterocycles. The summed E-state index contributed by atoms with van der Waals surface area (Å²) in [4.78, 5) is 3.99. The van der Waals surface area contributed by atoms with E-state index in [1.54, 1.807) is 19.5 Å². The van der Waals surface area contributed by atoms with E-state index in [1.807, 2.05) is 37.3 Å². The molecule has 2 N–H and O–H groups in total. The van der Waals surface area contributed by atoms with E-state index in [4.69, 9.17) is 15.2 Å². The van der Waals surface area contributed by atoms with E-state index in [-0.39, 0.29) is 6.04 Å². The SMILES string of the molecule is COc1cccc(CC(C)N)c1OCc1ccncc1. The molecule has 2 rings (SSSR count). The highest BCUT2D eigenvalue weighted by Gasteiger charge is 2.12. The molecule has 20 heavy (non-hydrogen) atoms. The lowest BCUT2D eigenvalue weighted by atomic mass is 10.1. The molecule has 1 heterocycles. The van der Waals surface area contributed by atoms with Crippen molar-refractivity contribution in [1.29, 1.82) is 0 Å². The maximum Gasteiger partial charge on any atom is 0.164 e. The number of ether oxygens (including phenoxy) is 2. The standard InChI is InChI=1S/C16H20N2O2/c1-12(17)10-14-4-3-5-15(19-2)16(14)20-11-13-6-8-18-9-7-13/h3-9,12H,10-11,17H2,1-2H3. The molecular weight excluding hydrogens is 252 g/mol. The molecule has 4 nitrogen and oxygen atoms in total. The van der Waals surface area contributed by atoms with Gasteiger partial charge in [-0.2, -0.15) is 0 Å². The Hall–Kier alpha value is -2.07. The fourth-order valence-electron chi connectivity index (χ4n) is 2.03. The van der Waals surface area contributed by atoms with Crippen LogP contribution in [0.2, 0.25) is 0 Å². The first kappa shape index (κ1) is 14.3. The van der Waals surface area contributed by atoms with Crippen LogP contribution in [0, 0.1) is 0 Å². The average molecular weight is 272 g/mol. The van der Waals surface area contributed by atoms with E-state index in [0.29, 0.717) is 6.61 Å². The predicted molar refractivity (Wildman–Crippen MR) is 78.9 cm³/mol. The van der Waals surface area contributed by atoms with Crippen molar-refractivity contribution in [3.63, 3.8) is 0 Å². The summed E-state index contributed by atoms with van der Waals surface area (Å²) in [6, 6.07) is 9.81. The number of hydrogen-bond acceptors (Lipinski definition) is 4. The molecule has 0 fully saturated rings. The maximum absolute atomic E-state index is 5.94. The van der Waals surface area contributed by atoms with Gasteiger partial charge in [0.25, 0.3) is 0 Å². The molecule has 1 aromatic carbocycles. The summed E-state index contributed by atoms with van der Waals surface area (Å²) < 4.78 is 11.3. The molecule has 1 atom stereocenters. The van der Waals surface area contributed by atoms with Gasteiger partial charge in [0.2, 0.25) is 0 Å². The van der Waals surface area contributed by atoms with Crippen molar-refractivity contribution in [3.05, 3.63) is 53.9 Å². The third kappa shape index (κ3) is 3.71. The van der Waals surface area contributed by atoms with Crippen LogP contribution in [-0.2, 0) is 13.0 Å². The second kappa shape index (κ2) is 6.91. The summed E-state index contributed by atoms with van der Waals surface area (Å²) >= 11 is 0. The Bertz CT molecular complexity index is 541. The van der Waals surface area contributed by atoms with Crippen LogP contribution >= 0.6 is 0 Å². The minimum atomic E-state index is 0.0744. The molecule has 1 aromatic heterocycles. The van der Waals surface area contributed by atoms with Crippen molar-refractivity contribution < 1.29 is 9.47 Å². The number of benzene rings is 1. The summed E-state index contributed by atoms with van der Waals surface area (Å²) in [7, 11) is 1.64. The van der Waals surface area contributed by atoms with E-state index >= 15 is 0 Å². The maximum atomic E-state index is 5.94. The van der Waals surface area contributed by atoms with Crippen LogP contribution in [0.5, 0.6) is 11.5 Å². The van der Waals surface area contributed by atoms with Crippen LogP contribution < -0.4 is 15.2 Å². The summed E-state index contributed by atoms with van der Waals surface area (Å²) in [5, 5.41) is 0. The van der Waals surface area contributed by atoms with Gasteiger partial charge in [0.05, 0.1) is 7.11 Å². The zero-order valence-electron chi connectivity index (χ0n) is 11.9. The molecule has 0 radical (unpaired) electrons. The van der Waals surface area contributed by atoms with Crippen molar-refractivity contribution in [2.24, 2.45) is 5.73 Å². The van der Waals surface area contributed by atoms with Gasteiger partial charge in [0.1, 0.15) is 6.61 Å². The molecule has 0 amide bonds. The second-order valence-electron chi connectivity index (χ2n) is 4.77. The fourth-order valence-corrected chi connectivity index (χ4v) is 2.03. The lowest BCUT2D eigenvalue weighted by molar-refractivity contribution is 0.281. The Morgan fingerprint density at radius 3 is 2.60 bits per heavy atom. The molecule has 0 saturated carbocycles. The highest BCUT2D eigenvalue weighted by atomic mass is 16.5. The topological polar surface area (TPSA) is 57.4 Å². The first-order chi connectivity index (χ1) is 9.70. The summed E-state index contributed by atoms with van der Waals surface area (Å²) in [6.45, 7) is 2.46. The van der Waals surface area contributed by atoms with Gasteiger partial charge >= 0.3 is 0 Å². The Morgan fingerprint density at radius 1 is 1.20 bits per heavy atom. The van der Waals surface area contributed by atoms with E-state index in [9.17, 15) is 0 Å². The molecule has 0 aliphatic heterocycles. The highest BCUT2D eigenvalue weighted by Crippen LogP contribution is 2.32. The number of para-hydroxylation sites is 1. The van der Waals surface area contributed by atoms with Crippen molar-refractivity contribution in [2.75, 3.05) is 7.11 Å². The van der Waals surface area contributed by atoms with Crippen molar-refractivity contribution >= 4 is 0 Å². The van der Waals surface area contributed by atoms with E-state index in [2.05, 4.69) is 4.98 Å². The zero-order chi connectivity index (χ0) is 14.4. The lowest BCUT2D eigenvalue weighted by Crippen LogP contribution is -2.18. The number of nitrogens with two attached hydrogens (primary N) is 1. The van der Waals surface area contributed by atoms with Crippen LogP contribution in [-0.4, -0.2) is 18.1 Å². The molecule has 0 bridgehead atoms. The molecule has 106 valence electrons. The number of pyridine rings is 1. The Morgan fingerprint density at radius 2 is 1.95 bits per heavy atom. The van der Waals surface area contributed by atoms with Gasteiger partial charge in [0, 0.05) is 18.4 Å². The lowest BCUT2D eigenvalue weighted by Gasteiger charge is -2.16. The normalized spacial score (nSPS) is 11.9. The number of hydrogen-bond donors (Lipinski definition) is 1. The van der Waals surface area contributed by atoms with Crippen LogP contribution in [0.15, 0.2) is 42.7 Å². The number of methoxy groups -OCH3 is 1. The fraction of sp³-hybridized carbons (Fsp3) is 0.312. The summed E-state index contributed by atoms with van der Waals surface area (Å²) in [5.74, 6) is 1.50. The van der Waals surface area contributed by atoms with Crippen LogP contribution in [0.4, 0.5) is 0 Å². The van der Waals surface area contributed by atoms with Crippen molar-refractivity contribution in [1.82, 2.24) is 4.98 Å². The Labute approximate surface area is 119 Å². The Kier molecular flexibility index (Phi) is 4.96. The van der Waals surface area contributed by atoms with Crippen LogP contribution in [0.3, 0.4) is 0 Å². The van der Waals surface area contributed by atoms with Gasteiger partial charge in [-0.05, 0) is 42.7 Å².